The Morgan fingerprint density at radius 2 is 1.64 bits per heavy atom. The van der Waals surface area contributed by atoms with E-state index in [0.29, 0.717) is 39.8 Å². The van der Waals surface area contributed by atoms with Crippen LogP contribution < -0.4 is 19.5 Å². The van der Waals surface area contributed by atoms with E-state index in [1.165, 1.54) is 18.9 Å². The molecule has 45 heavy (non-hydrogen) atoms. The van der Waals surface area contributed by atoms with Crippen molar-refractivity contribution in [3.8, 4) is 17.2 Å². The van der Waals surface area contributed by atoms with Crippen molar-refractivity contribution in [1.82, 2.24) is 10.2 Å². The standard InChI is InChI=1S/C34H36N2O8S/c1-6-41-25-15-13-21(23-11-9-10-12-24(23)25)18-28-32(38)36-31(30(33(39)43-8-3)20(4)35-34(36)45-28)22-14-16-26(27(17-22)40-5)44-19-29(37)42-7-2/h9-18,31,34-35H,6-8,19H2,1-5H3/b28-18-/t31-,34-/m1/s1. The van der Waals surface area contributed by atoms with Crippen LogP contribution in [0.3, 0.4) is 0 Å². The summed E-state index contributed by atoms with van der Waals surface area (Å²) in [5, 5.41) is 5.26. The molecule has 11 heteroatoms. The number of ether oxygens (including phenoxy) is 5. The molecule has 3 aromatic rings. The van der Waals surface area contributed by atoms with E-state index in [1.54, 1.807) is 43.9 Å². The summed E-state index contributed by atoms with van der Waals surface area (Å²) in [4.78, 5) is 41.6. The van der Waals surface area contributed by atoms with E-state index in [-0.39, 0.29) is 25.7 Å². The second-order valence-electron chi connectivity index (χ2n) is 10.1. The lowest BCUT2D eigenvalue weighted by atomic mass is 9.93. The second-order valence-corrected chi connectivity index (χ2v) is 11.3. The molecular weight excluding hydrogens is 596 g/mol. The Bertz CT molecular complexity index is 1680. The Morgan fingerprint density at radius 3 is 2.36 bits per heavy atom. The van der Waals surface area contributed by atoms with Crippen LogP contribution in [0.5, 0.6) is 17.2 Å². The van der Waals surface area contributed by atoms with Crippen LogP contribution in [0.15, 0.2) is 70.8 Å². The van der Waals surface area contributed by atoms with E-state index in [4.69, 9.17) is 23.7 Å². The number of nitrogens with one attached hydrogen (secondary N) is 1. The van der Waals surface area contributed by atoms with E-state index in [9.17, 15) is 14.4 Å². The summed E-state index contributed by atoms with van der Waals surface area (Å²) < 4.78 is 27.5. The third kappa shape index (κ3) is 6.44. The summed E-state index contributed by atoms with van der Waals surface area (Å²) in [7, 11) is 1.48. The van der Waals surface area contributed by atoms with Gasteiger partial charge in [0, 0.05) is 11.1 Å². The van der Waals surface area contributed by atoms with Crippen molar-refractivity contribution in [2.24, 2.45) is 0 Å². The van der Waals surface area contributed by atoms with Gasteiger partial charge in [0.05, 0.1) is 43.5 Å². The lowest BCUT2D eigenvalue weighted by Crippen LogP contribution is -2.50. The Morgan fingerprint density at radius 1 is 0.911 bits per heavy atom. The zero-order valence-corrected chi connectivity index (χ0v) is 26.7. The molecule has 2 atom stereocenters. The molecule has 5 rings (SSSR count). The first-order valence-electron chi connectivity index (χ1n) is 14.8. The Hall–Kier alpha value is -4.64. The first kappa shape index (κ1) is 31.8. The average molecular weight is 633 g/mol. The maximum Gasteiger partial charge on any atom is 0.344 e. The third-order valence-electron chi connectivity index (χ3n) is 7.39. The predicted octanol–water partition coefficient (Wildman–Crippen LogP) is 5.57. The number of rotatable bonds is 11. The normalized spacial score (nSPS) is 18.5. The number of hydrogen-bond donors (Lipinski definition) is 1. The monoisotopic (exact) mass is 632 g/mol. The number of allylic oxidation sites excluding steroid dienone is 1. The summed E-state index contributed by atoms with van der Waals surface area (Å²) in [6, 6.07) is 16.1. The number of nitrogens with zero attached hydrogens (tertiary/aromatic N) is 1. The highest BCUT2D eigenvalue weighted by atomic mass is 32.2. The minimum atomic E-state index is -0.786. The highest BCUT2D eigenvalue weighted by Crippen LogP contribution is 2.48. The maximum absolute atomic E-state index is 14.2. The van der Waals surface area contributed by atoms with Gasteiger partial charge >= 0.3 is 11.9 Å². The zero-order chi connectivity index (χ0) is 32.1. The van der Waals surface area contributed by atoms with E-state index in [0.717, 1.165) is 22.1 Å². The molecule has 2 aliphatic heterocycles. The van der Waals surface area contributed by atoms with Crippen LogP contribution in [-0.4, -0.2) is 61.8 Å². The molecule has 2 heterocycles. The van der Waals surface area contributed by atoms with Gasteiger partial charge in [-0.3, -0.25) is 9.69 Å². The van der Waals surface area contributed by atoms with Gasteiger partial charge in [0.2, 0.25) is 0 Å². The van der Waals surface area contributed by atoms with Crippen LogP contribution in [0.1, 0.15) is 44.9 Å². The fourth-order valence-corrected chi connectivity index (χ4v) is 6.68. The lowest BCUT2D eigenvalue weighted by Gasteiger charge is -2.39. The maximum atomic E-state index is 14.2. The third-order valence-corrected chi connectivity index (χ3v) is 8.50. The number of fused-ring (bicyclic) bond motifs is 2. The number of esters is 2. The van der Waals surface area contributed by atoms with Crippen molar-refractivity contribution in [2.75, 3.05) is 33.5 Å². The number of carbonyl (C=O) groups excluding carboxylic acids is 3. The summed E-state index contributed by atoms with van der Waals surface area (Å²) in [5.74, 6) is 0.165. The van der Waals surface area contributed by atoms with Gasteiger partial charge in [0.15, 0.2) is 23.6 Å². The molecule has 3 aromatic carbocycles. The second kappa shape index (κ2) is 14.0. The smallest absolute Gasteiger partial charge is 0.344 e. The van der Waals surface area contributed by atoms with Crippen molar-refractivity contribution in [2.45, 2.75) is 39.2 Å². The number of benzene rings is 3. The van der Waals surface area contributed by atoms with Crippen molar-refractivity contribution >= 4 is 46.5 Å². The van der Waals surface area contributed by atoms with E-state index >= 15 is 0 Å². The highest BCUT2D eigenvalue weighted by molar-refractivity contribution is 8.05. The lowest BCUT2D eigenvalue weighted by molar-refractivity contribution is -0.145. The van der Waals surface area contributed by atoms with Gasteiger partial charge < -0.3 is 29.0 Å². The quantitative estimate of drug-likeness (QED) is 0.213. The molecule has 0 aliphatic carbocycles. The van der Waals surface area contributed by atoms with Crippen LogP contribution >= 0.6 is 11.8 Å². The van der Waals surface area contributed by atoms with Crippen LogP contribution in [0.4, 0.5) is 0 Å². The van der Waals surface area contributed by atoms with Gasteiger partial charge in [-0.2, -0.15) is 0 Å². The molecule has 1 amide bonds. The number of methoxy groups -OCH3 is 1. The largest absolute Gasteiger partial charge is 0.493 e. The topological polar surface area (TPSA) is 113 Å². The van der Waals surface area contributed by atoms with Gasteiger partial charge in [-0.15, -0.1) is 0 Å². The molecule has 0 unspecified atom stereocenters. The fourth-order valence-electron chi connectivity index (χ4n) is 5.47. The minimum absolute atomic E-state index is 0.175. The fraction of sp³-hybridized carbons (Fsp3) is 0.324. The first-order chi connectivity index (χ1) is 21.8. The summed E-state index contributed by atoms with van der Waals surface area (Å²) in [5.41, 5.74) is 1.94. The van der Waals surface area contributed by atoms with Gasteiger partial charge in [-0.05, 0) is 68.5 Å². The highest BCUT2D eigenvalue weighted by Gasteiger charge is 2.48. The SMILES string of the molecule is CCOC(=O)COc1ccc([C@@H]2C(C(=O)OCC)=C(C)N[C@H]3S/C(=C\c4ccc(OCC)c5ccccc45)C(=O)N32)cc1OC. The molecule has 1 fully saturated rings. The number of amides is 1. The van der Waals surface area contributed by atoms with E-state index < -0.39 is 23.5 Å². The molecule has 0 bridgehead atoms. The van der Waals surface area contributed by atoms with E-state index in [2.05, 4.69) is 5.32 Å². The Kier molecular flexibility index (Phi) is 9.87. The van der Waals surface area contributed by atoms with Crippen molar-refractivity contribution < 1.29 is 38.1 Å². The average Bonchev–Trinajstić information content (AvgIpc) is 3.34. The van der Waals surface area contributed by atoms with Crippen LogP contribution in [0, 0.1) is 0 Å². The Balaban J connectivity index is 1.55. The van der Waals surface area contributed by atoms with Crippen LogP contribution in [-0.2, 0) is 23.9 Å². The van der Waals surface area contributed by atoms with Gasteiger partial charge in [-0.25, -0.2) is 9.59 Å². The predicted molar refractivity (Wildman–Crippen MR) is 172 cm³/mol. The van der Waals surface area contributed by atoms with Gasteiger partial charge in [0.1, 0.15) is 5.75 Å². The molecule has 0 aromatic heterocycles. The molecule has 0 radical (unpaired) electrons. The molecular formula is C34H36N2O8S. The molecule has 0 saturated carbocycles. The summed E-state index contributed by atoms with van der Waals surface area (Å²) in [6.45, 7) is 7.87. The number of thioether (sulfide) groups is 1. The van der Waals surface area contributed by atoms with Crippen molar-refractivity contribution in [3.05, 3.63) is 81.9 Å². The minimum Gasteiger partial charge on any atom is -0.493 e. The number of carbonyl (C=O) groups is 3. The molecule has 1 saturated heterocycles. The Labute approximate surface area is 266 Å². The molecule has 1 N–H and O–H groups in total. The van der Waals surface area contributed by atoms with Crippen LogP contribution in [0.25, 0.3) is 16.8 Å². The molecule has 10 nitrogen and oxygen atoms in total. The summed E-state index contributed by atoms with van der Waals surface area (Å²) in [6.07, 6.45) is 1.88. The van der Waals surface area contributed by atoms with Gasteiger partial charge in [0.25, 0.3) is 5.91 Å². The van der Waals surface area contributed by atoms with E-state index in [1.807, 2.05) is 49.4 Å². The van der Waals surface area contributed by atoms with Crippen LogP contribution in [0.2, 0.25) is 0 Å². The van der Waals surface area contributed by atoms with Crippen molar-refractivity contribution in [1.29, 1.82) is 0 Å². The van der Waals surface area contributed by atoms with Gasteiger partial charge in [-0.1, -0.05) is 48.2 Å². The zero-order valence-electron chi connectivity index (χ0n) is 25.9. The molecule has 2 aliphatic rings. The summed E-state index contributed by atoms with van der Waals surface area (Å²) >= 11 is 1.38. The van der Waals surface area contributed by atoms with Crippen molar-refractivity contribution in [3.63, 3.8) is 0 Å². The molecule has 0 spiro atoms. The number of hydrogen-bond acceptors (Lipinski definition) is 10. The first-order valence-corrected chi connectivity index (χ1v) is 15.6. The molecule has 236 valence electrons.